The number of fused-ring (bicyclic) bond motifs is 1. The monoisotopic (exact) mass is 272 g/mol. The first-order valence-corrected chi connectivity index (χ1v) is 6.89. The van der Waals surface area contributed by atoms with Gasteiger partial charge >= 0.3 is 5.97 Å². The van der Waals surface area contributed by atoms with Crippen LogP contribution in [0.15, 0.2) is 36.5 Å². The summed E-state index contributed by atoms with van der Waals surface area (Å²) in [7, 11) is 1.42. The van der Waals surface area contributed by atoms with Crippen LogP contribution in [0.3, 0.4) is 0 Å². The minimum absolute atomic E-state index is 0.0213. The molecule has 1 heterocycles. The summed E-state index contributed by atoms with van der Waals surface area (Å²) in [5.74, 6) is -0.204. The van der Waals surface area contributed by atoms with Gasteiger partial charge < -0.3 is 10.1 Å². The average Bonchev–Trinajstić information content (AvgIpc) is 2.50. The maximum absolute atomic E-state index is 11.5. The molecular formula is C16H20N2O2. The number of hydrogen-bond donors (Lipinski definition) is 1. The first-order chi connectivity index (χ1) is 9.74. The van der Waals surface area contributed by atoms with Crippen molar-refractivity contribution in [3.8, 4) is 0 Å². The van der Waals surface area contributed by atoms with Gasteiger partial charge in [-0.1, -0.05) is 19.1 Å². The number of carbonyl (C=O) groups is 1. The number of pyridine rings is 1. The highest BCUT2D eigenvalue weighted by Crippen LogP contribution is 2.22. The fourth-order valence-corrected chi connectivity index (χ4v) is 2.19. The molecule has 0 radical (unpaired) electrons. The third kappa shape index (κ3) is 3.54. The Morgan fingerprint density at radius 1 is 1.40 bits per heavy atom. The number of ether oxygens (including phenoxy) is 1. The minimum atomic E-state index is -0.204. The summed E-state index contributed by atoms with van der Waals surface area (Å²) in [6, 6.07) is 10.0. The van der Waals surface area contributed by atoms with Gasteiger partial charge in [-0.25, -0.2) is 0 Å². The number of methoxy groups -OCH3 is 1. The lowest BCUT2D eigenvalue weighted by Crippen LogP contribution is -2.25. The predicted molar refractivity (Wildman–Crippen MR) is 79.4 cm³/mol. The van der Waals surface area contributed by atoms with Crippen molar-refractivity contribution in [2.24, 2.45) is 0 Å². The zero-order valence-electron chi connectivity index (χ0n) is 11.9. The van der Waals surface area contributed by atoms with Crippen LogP contribution in [0.4, 0.5) is 0 Å². The maximum Gasteiger partial charge on any atom is 0.307 e. The summed E-state index contributed by atoms with van der Waals surface area (Å²) in [5, 5.41) is 4.48. The van der Waals surface area contributed by atoms with Crippen LogP contribution in [0.2, 0.25) is 0 Å². The Bertz CT molecular complexity index is 583. The second-order valence-corrected chi connectivity index (χ2v) is 4.74. The number of benzene rings is 1. The highest BCUT2D eigenvalue weighted by molar-refractivity contribution is 5.79. The summed E-state index contributed by atoms with van der Waals surface area (Å²) in [6.07, 6.45) is 3.14. The highest BCUT2D eigenvalue weighted by Gasteiger charge is 2.16. The minimum Gasteiger partial charge on any atom is -0.469 e. The zero-order chi connectivity index (χ0) is 14.4. The predicted octanol–water partition coefficient (Wildman–Crippen LogP) is 2.84. The fourth-order valence-electron chi connectivity index (χ4n) is 2.19. The Morgan fingerprint density at radius 3 is 3.00 bits per heavy atom. The van der Waals surface area contributed by atoms with E-state index in [9.17, 15) is 4.79 Å². The molecule has 106 valence electrons. The van der Waals surface area contributed by atoms with E-state index in [-0.39, 0.29) is 12.0 Å². The van der Waals surface area contributed by atoms with Crippen molar-refractivity contribution in [1.82, 2.24) is 10.3 Å². The number of carbonyl (C=O) groups excluding carboxylic acids is 1. The molecule has 0 saturated carbocycles. The Morgan fingerprint density at radius 2 is 2.25 bits per heavy atom. The Hall–Kier alpha value is -1.94. The van der Waals surface area contributed by atoms with E-state index in [0.717, 1.165) is 29.4 Å². The van der Waals surface area contributed by atoms with E-state index in [4.69, 9.17) is 4.74 Å². The molecule has 0 saturated heterocycles. The molecular weight excluding hydrogens is 252 g/mol. The van der Waals surface area contributed by atoms with E-state index >= 15 is 0 Å². The Kier molecular flexibility index (Phi) is 5.07. The molecule has 4 heteroatoms. The van der Waals surface area contributed by atoms with Gasteiger partial charge in [0, 0.05) is 17.6 Å². The van der Waals surface area contributed by atoms with E-state index in [2.05, 4.69) is 23.3 Å². The largest absolute Gasteiger partial charge is 0.469 e. The van der Waals surface area contributed by atoms with Crippen molar-refractivity contribution in [1.29, 1.82) is 0 Å². The lowest BCUT2D eigenvalue weighted by Gasteiger charge is -2.18. The second kappa shape index (κ2) is 7.01. The van der Waals surface area contributed by atoms with Crippen molar-refractivity contribution in [2.75, 3.05) is 13.7 Å². The summed E-state index contributed by atoms with van der Waals surface area (Å²) in [4.78, 5) is 15.9. The van der Waals surface area contributed by atoms with E-state index in [1.807, 2.05) is 24.3 Å². The van der Waals surface area contributed by atoms with E-state index < -0.39 is 0 Å². The third-order valence-electron chi connectivity index (χ3n) is 3.27. The van der Waals surface area contributed by atoms with Crippen molar-refractivity contribution in [3.63, 3.8) is 0 Å². The molecule has 1 atom stereocenters. The molecule has 0 bridgehead atoms. The number of hydrogen-bond acceptors (Lipinski definition) is 4. The smallest absolute Gasteiger partial charge is 0.307 e. The van der Waals surface area contributed by atoms with E-state index in [1.54, 1.807) is 6.20 Å². The summed E-state index contributed by atoms with van der Waals surface area (Å²) in [6.45, 7) is 2.97. The van der Waals surface area contributed by atoms with E-state index in [1.165, 1.54) is 7.11 Å². The molecule has 0 aliphatic heterocycles. The lowest BCUT2D eigenvalue weighted by molar-refractivity contribution is -0.141. The third-order valence-corrected chi connectivity index (χ3v) is 3.27. The van der Waals surface area contributed by atoms with Gasteiger partial charge in [-0.3, -0.25) is 9.78 Å². The van der Waals surface area contributed by atoms with Crippen LogP contribution in [0.5, 0.6) is 0 Å². The topological polar surface area (TPSA) is 51.2 Å². The molecule has 1 unspecified atom stereocenters. The lowest BCUT2D eigenvalue weighted by atomic mass is 10.0. The Balaban J connectivity index is 2.26. The number of nitrogens with zero attached hydrogens (tertiary/aromatic N) is 1. The van der Waals surface area contributed by atoms with Gasteiger partial charge in [0.05, 0.1) is 19.0 Å². The molecule has 20 heavy (non-hydrogen) atoms. The van der Waals surface area contributed by atoms with Crippen LogP contribution in [-0.2, 0) is 9.53 Å². The van der Waals surface area contributed by atoms with Gasteiger partial charge in [-0.15, -0.1) is 0 Å². The molecule has 0 amide bonds. The normalized spacial score (nSPS) is 12.3. The molecule has 1 aromatic carbocycles. The summed E-state index contributed by atoms with van der Waals surface area (Å²) < 4.78 is 4.78. The van der Waals surface area contributed by atoms with Crippen LogP contribution in [0.25, 0.3) is 10.9 Å². The number of rotatable bonds is 6. The number of aromatic nitrogens is 1. The van der Waals surface area contributed by atoms with Gasteiger partial charge in [0.25, 0.3) is 0 Å². The zero-order valence-corrected chi connectivity index (χ0v) is 11.9. The SMILES string of the molecule is CCCNC(CC(=O)OC)c1ccc2ncccc2c1. The van der Waals surface area contributed by atoms with Crippen molar-refractivity contribution in [3.05, 3.63) is 42.1 Å². The van der Waals surface area contributed by atoms with Crippen molar-refractivity contribution in [2.45, 2.75) is 25.8 Å². The highest BCUT2D eigenvalue weighted by atomic mass is 16.5. The molecule has 0 spiro atoms. The number of nitrogens with one attached hydrogen (secondary N) is 1. The standard InChI is InChI=1S/C16H20N2O2/c1-3-8-17-15(11-16(19)20-2)13-6-7-14-12(10-13)5-4-9-18-14/h4-7,9-10,15,17H,3,8,11H2,1-2H3. The quantitative estimate of drug-likeness (QED) is 0.822. The van der Waals surface area contributed by atoms with Gasteiger partial charge in [0.2, 0.25) is 0 Å². The fraction of sp³-hybridized carbons (Fsp3) is 0.375. The first kappa shape index (κ1) is 14.5. The number of esters is 1. The first-order valence-electron chi connectivity index (χ1n) is 6.89. The van der Waals surface area contributed by atoms with Gasteiger partial charge in [0.15, 0.2) is 0 Å². The van der Waals surface area contributed by atoms with Crippen molar-refractivity contribution < 1.29 is 9.53 Å². The van der Waals surface area contributed by atoms with Crippen molar-refractivity contribution >= 4 is 16.9 Å². The van der Waals surface area contributed by atoms with Crippen LogP contribution >= 0.6 is 0 Å². The Labute approximate surface area is 119 Å². The van der Waals surface area contributed by atoms with Gasteiger partial charge in [-0.05, 0) is 36.7 Å². The molecule has 0 fully saturated rings. The second-order valence-electron chi connectivity index (χ2n) is 4.74. The molecule has 1 N–H and O–H groups in total. The van der Waals surface area contributed by atoms with Gasteiger partial charge in [0.1, 0.15) is 0 Å². The van der Waals surface area contributed by atoms with Crippen LogP contribution in [0.1, 0.15) is 31.4 Å². The molecule has 4 nitrogen and oxygen atoms in total. The average molecular weight is 272 g/mol. The summed E-state index contributed by atoms with van der Waals surface area (Å²) >= 11 is 0. The van der Waals surface area contributed by atoms with Crippen LogP contribution in [-0.4, -0.2) is 24.6 Å². The molecule has 0 aliphatic rings. The van der Waals surface area contributed by atoms with Crippen LogP contribution < -0.4 is 5.32 Å². The molecule has 1 aromatic heterocycles. The van der Waals surface area contributed by atoms with Crippen LogP contribution in [0, 0.1) is 0 Å². The molecule has 2 aromatic rings. The van der Waals surface area contributed by atoms with E-state index in [0.29, 0.717) is 6.42 Å². The van der Waals surface area contributed by atoms with Gasteiger partial charge in [-0.2, -0.15) is 0 Å². The summed E-state index contributed by atoms with van der Waals surface area (Å²) in [5.41, 5.74) is 2.05. The molecule has 0 aliphatic carbocycles. The maximum atomic E-state index is 11.5. The molecule has 2 rings (SSSR count).